The van der Waals surface area contributed by atoms with Gasteiger partial charge in [0.15, 0.2) is 0 Å². The third-order valence-corrected chi connectivity index (χ3v) is 6.21. The van der Waals surface area contributed by atoms with Crippen molar-refractivity contribution in [2.45, 2.75) is 39.2 Å². The molecule has 0 atom stereocenters. The summed E-state index contributed by atoms with van der Waals surface area (Å²) >= 11 is 1.69. The average Bonchev–Trinajstić information content (AvgIpc) is 3.16. The van der Waals surface area contributed by atoms with E-state index < -0.39 is 0 Å². The highest BCUT2D eigenvalue weighted by Crippen LogP contribution is 2.28. The zero-order valence-corrected chi connectivity index (χ0v) is 18.0. The van der Waals surface area contributed by atoms with Crippen LogP contribution in [0.1, 0.15) is 38.4 Å². The van der Waals surface area contributed by atoms with Crippen LogP contribution in [0.2, 0.25) is 0 Å². The molecular weight excluding hydrogens is 370 g/mol. The lowest BCUT2D eigenvalue weighted by atomic mass is 9.93. The highest BCUT2D eigenvalue weighted by molar-refractivity contribution is 7.20. The molecular formula is C21H29N5OS. The largest absolute Gasteiger partial charge is 0.497 e. The Balaban J connectivity index is 1.40. The van der Waals surface area contributed by atoms with Gasteiger partial charge in [-0.1, -0.05) is 44.2 Å². The van der Waals surface area contributed by atoms with Crippen LogP contribution >= 0.6 is 11.3 Å². The van der Waals surface area contributed by atoms with E-state index in [2.05, 4.69) is 48.9 Å². The van der Waals surface area contributed by atoms with Crippen molar-refractivity contribution in [3.8, 4) is 5.75 Å². The molecule has 0 aliphatic carbocycles. The first-order chi connectivity index (χ1) is 13.4. The van der Waals surface area contributed by atoms with E-state index in [1.165, 1.54) is 5.56 Å². The number of methoxy groups -OCH3 is 1. The molecule has 150 valence electrons. The number of ether oxygens (including phenoxy) is 1. The van der Waals surface area contributed by atoms with E-state index in [-0.39, 0.29) is 5.41 Å². The van der Waals surface area contributed by atoms with Crippen molar-refractivity contribution in [2.75, 3.05) is 38.2 Å². The third-order valence-electron chi connectivity index (χ3n) is 5.23. The van der Waals surface area contributed by atoms with Crippen LogP contribution in [0.15, 0.2) is 30.5 Å². The smallest absolute Gasteiger partial charge is 0.214 e. The monoisotopic (exact) mass is 399 g/mol. The minimum absolute atomic E-state index is 0.0537. The predicted molar refractivity (Wildman–Crippen MR) is 115 cm³/mol. The molecule has 0 amide bonds. The molecule has 1 fully saturated rings. The third kappa shape index (κ3) is 4.15. The Morgan fingerprint density at radius 2 is 1.86 bits per heavy atom. The Morgan fingerprint density at radius 1 is 1.07 bits per heavy atom. The van der Waals surface area contributed by atoms with Crippen LogP contribution in [0, 0.1) is 0 Å². The number of benzene rings is 1. The minimum Gasteiger partial charge on any atom is -0.497 e. The lowest BCUT2D eigenvalue weighted by Crippen LogP contribution is -2.30. The van der Waals surface area contributed by atoms with Gasteiger partial charge >= 0.3 is 0 Å². The minimum atomic E-state index is 0.0537. The zero-order valence-electron chi connectivity index (χ0n) is 17.2. The van der Waals surface area contributed by atoms with E-state index in [1.54, 1.807) is 18.4 Å². The Kier molecular flexibility index (Phi) is 5.29. The number of anilines is 1. The molecule has 3 heterocycles. The molecule has 1 aliphatic heterocycles. The van der Waals surface area contributed by atoms with E-state index in [0.717, 1.165) is 60.7 Å². The molecule has 1 aromatic carbocycles. The van der Waals surface area contributed by atoms with Gasteiger partial charge in [-0.2, -0.15) is 0 Å². The number of imidazole rings is 1. The van der Waals surface area contributed by atoms with Gasteiger partial charge in [-0.15, -0.1) is 5.10 Å². The van der Waals surface area contributed by atoms with Crippen LogP contribution in [0.3, 0.4) is 0 Å². The molecule has 28 heavy (non-hydrogen) atoms. The molecule has 7 heteroatoms. The van der Waals surface area contributed by atoms with Crippen molar-refractivity contribution in [3.05, 3.63) is 41.7 Å². The fourth-order valence-corrected chi connectivity index (χ4v) is 4.42. The predicted octanol–water partition coefficient (Wildman–Crippen LogP) is 3.81. The van der Waals surface area contributed by atoms with Crippen molar-refractivity contribution in [3.63, 3.8) is 0 Å². The maximum Gasteiger partial charge on any atom is 0.214 e. The summed E-state index contributed by atoms with van der Waals surface area (Å²) in [5.74, 6) is 0.911. The van der Waals surface area contributed by atoms with Gasteiger partial charge < -0.3 is 9.64 Å². The standard InChI is InChI=1S/C21H29N5OS/c1-21(2,3)18-15-26-19(22-18)28-20(23-26)25-11-5-10-24(12-13-25)14-16-6-8-17(27-4)9-7-16/h6-9,15H,5,10-14H2,1-4H3. The number of rotatable bonds is 4. The summed E-state index contributed by atoms with van der Waals surface area (Å²) in [7, 11) is 1.71. The molecule has 3 aromatic rings. The van der Waals surface area contributed by atoms with Gasteiger partial charge in [0.1, 0.15) is 5.75 Å². The van der Waals surface area contributed by atoms with Crippen molar-refractivity contribution in [1.82, 2.24) is 19.5 Å². The Bertz CT molecular complexity index is 893. The Morgan fingerprint density at radius 3 is 2.54 bits per heavy atom. The van der Waals surface area contributed by atoms with Crippen LogP contribution in [0.25, 0.3) is 4.96 Å². The number of aromatic nitrogens is 3. The lowest BCUT2D eigenvalue weighted by Gasteiger charge is -2.21. The zero-order chi connectivity index (χ0) is 19.7. The molecule has 1 saturated heterocycles. The van der Waals surface area contributed by atoms with E-state index in [4.69, 9.17) is 14.8 Å². The summed E-state index contributed by atoms with van der Waals surface area (Å²) in [6, 6.07) is 8.39. The SMILES string of the molecule is COc1ccc(CN2CCCN(c3nn4cc(C(C)(C)C)nc4s3)CC2)cc1. The van der Waals surface area contributed by atoms with Crippen molar-refractivity contribution >= 4 is 21.4 Å². The molecule has 2 aromatic heterocycles. The van der Waals surface area contributed by atoms with E-state index in [0.29, 0.717) is 0 Å². The van der Waals surface area contributed by atoms with Crippen LogP contribution in [-0.4, -0.2) is 52.8 Å². The molecule has 0 saturated carbocycles. The highest BCUT2D eigenvalue weighted by Gasteiger charge is 2.22. The molecule has 0 spiro atoms. The normalized spacial score (nSPS) is 16.5. The first-order valence-electron chi connectivity index (χ1n) is 9.89. The van der Waals surface area contributed by atoms with E-state index in [1.807, 2.05) is 16.6 Å². The van der Waals surface area contributed by atoms with Crippen LogP contribution in [0.4, 0.5) is 5.13 Å². The van der Waals surface area contributed by atoms with Gasteiger partial charge in [0.05, 0.1) is 19.0 Å². The summed E-state index contributed by atoms with van der Waals surface area (Å²) in [5.41, 5.74) is 2.48. The second-order valence-electron chi connectivity index (χ2n) is 8.45. The van der Waals surface area contributed by atoms with Crippen molar-refractivity contribution in [1.29, 1.82) is 0 Å². The summed E-state index contributed by atoms with van der Waals surface area (Å²) in [6.07, 6.45) is 3.22. The van der Waals surface area contributed by atoms with Gasteiger partial charge in [-0.3, -0.25) is 4.90 Å². The fourth-order valence-electron chi connectivity index (χ4n) is 3.49. The lowest BCUT2D eigenvalue weighted by molar-refractivity contribution is 0.285. The van der Waals surface area contributed by atoms with Crippen molar-refractivity contribution < 1.29 is 4.74 Å². The van der Waals surface area contributed by atoms with Gasteiger partial charge in [-0.25, -0.2) is 9.50 Å². The fraction of sp³-hybridized carbons (Fsp3) is 0.524. The quantitative estimate of drug-likeness (QED) is 0.668. The maximum atomic E-state index is 5.25. The summed E-state index contributed by atoms with van der Waals surface area (Å²) in [5, 5.41) is 5.88. The van der Waals surface area contributed by atoms with Crippen LogP contribution in [0.5, 0.6) is 5.75 Å². The molecule has 1 aliphatic rings. The summed E-state index contributed by atoms with van der Waals surface area (Å²) in [4.78, 5) is 10.7. The molecule has 4 rings (SSSR count). The number of nitrogens with zero attached hydrogens (tertiary/aromatic N) is 5. The van der Waals surface area contributed by atoms with Crippen LogP contribution in [-0.2, 0) is 12.0 Å². The molecule has 6 nitrogen and oxygen atoms in total. The summed E-state index contributed by atoms with van der Waals surface area (Å²) < 4.78 is 7.20. The summed E-state index contributed by atoms with van der Waals surface area (Å²) in [6.45, 7) is 11.7. The molecule has 0 bridgehead atoms. The maximum absolute atomic E-state index is 5.25. The first-order valence-corrected chi connectivity index (χ1v) is 10.7. The van der Waals surface area contributed by atoms with Gasteiger partial charge in [0, 0.05) is 38.1 Å². The second kappa shape index (κ2) is 7.72. The Labute approximate surface area is 170 Å². The highest BCUT2D eigenvalue weighted by atomic mass is 32.1. The van der Waals surface area contributed by atoms with Gasteiger partial charge in [0.25, 0.3) is 0 Å². The molecule has 0 radical (unpaired) electrons. The number of hydrogen-bond acceptors (Lipinski definition) is 6. The van der Waals surface area contributed by atoms with Gasteiger partial charge in [0.2, 0.25) is 10.1 Å². The topological polar surface area (TPSA) is 45.9 Å². The number of hydrogen-bond donors (Lipinski definition) is 0. The van der Waals surface area contributed by atoms with E-state index in [9.17, 15) is 0 Å². The number of fused-ring (bicyclic) bond motifs is 1. The average molecular weight is 400 g/mol. The van der Waals surface area contributed by atoms with Gasteiger partial charge in [-0.05, 0) is 24.1 Å². The first kappa shape index (κ1) is 19.2. The molecule has 0 unspecified atom stereocenters. The Hall–Kier alpha value is -2.12. The molecule has 0 N–H and O–H groups in total. The van der Waals surface area contributed by atoms with Crippen molar-refractivity contribution in [2.24, 2.45) is 0 Å². The second-order valence-corrected chi connectivity index (χ2v) is 9.39. The van der Waals surface area contributed by atoms with Crippen LogP contribution < -0.4 is 9.64 Å². The van der Waals surface area contributed by atoms with E-state index >= 15 is 0 Å².